The van der Waals surface area contributed by atoms with Crippen molar-refractivity contribution < 1.29 is 9.50 Å². The van der Waals surface area contributed by atoms with Crippen LogP contribution in [0.25, 0.3) is 10.1 Å². The van der Waals surface area contributed by atoms with Gasteiger partial charge in [-0.25, -0.2) is 4.39 Å². The molecule has 1 atom stereocenters. The summed E-state index contributed by atoms with van der Waals surface area (Å²) < 4.78 is 15.9. The van der Waals surface area contributed by atoms with Crippen LogP contribution in [-0.4, -0.2) is 5.11 Å². The normalized spacial score (nSPS) is 12.8. The van der Waals surface area contributed by atoms with Gasteiger partial charge in [0, 0.05) is 25.3 Å². The molecule has 1 nitrogen and oxygen atoms in total. The second-order valence-electron chi connectivity index (χ2n) is 4.38. The van der Waals surface area contributed by atoms with Crippen molar-refractivity contribution in [3.8, 4) is 0 Å². The quantitative estimate of drug-likeness (QED) is 0.627. The summed E-state index contributed by atoms with van der Waals surface area (Å²) in [5.74, 6) is -0.462. The first-order valence-corrected chi connectivity index (χ1v) is 7.91. The summed E-state index contributed by atoms with van der Waals surface area (Å²) in [6, 6.07) is 9.94. The minimum absolute atomic E-state index is 0.192. The molecule has 0 fully saturated rings. The molecular formula is C15H9BrClFOS. The van der Waals surface area contributed by atoms with E-state index < -0.39 is 11.9 Å². The van der Waals surface area contributed by atoms with Gasteiger partial charge in [-0.05, 0) is 51.0 Å². The summed E-state index contributed by atoms with van der Waals surface area (Å²) in [7, 11) is 0. The first-order valence-electron chi connectivity index (χ1n) is 5.86. The van der Waals surface area contributed by atoms with Gasteiger partial charge in [-0.3, -0.25) is 0 Å². The third-order valence-electron chi connectivity index (χ3n) is 3.13. The zero-order valence-corrected chi connectivity index (χ0v) is 13.3. The lowest BCUT2D eigenvalue weighted by Gasteiger charge is -2.12. The maximum atomic E-state index is 13.9. The molecule has 0 radical (unpaired) electrons. The van der Waals surface area contributed by atoms with Gasteiger partial charge in [0.2, 0.25) is 0 Å². The number of hydrogen-bond donors (Lipinski definition) is 1. The molecule has 1 aromatic heterocycles. The molecule has 0 bridgehead atoms. The number of halogens is 3. The highest BCUT2D eigenvalue weighted by Gasteiger charge is 2.19. The predicted molar refractivity (Wildman–Crippen MR) is 85.0 cm³/mol. The van der Waals surface area contributed by atoms with Crippen molar-refractivity contribution in [3.05, 3.63) is 68.2 Å². The molecule has 102 valence electrons. The highest BCUT2D eigenvalue weighted by molar-refractivity contribution is 9.10. The zero-order valence-electron chi connectivity index (χ0n) is 10.1. The molecule has 0 aliphatic heterocycles. The number of rotatable bonds is 2. The topological polar surface area (TPSA) is 20.2 Å². The van der Waals surface area contributed by atoms with Crippen molar-refractivity contribution in [2.24, 2.45) is 0 Å². The molecule has 3 aromatic rings. The molecule has 5 heteroatoms. The van der Waals surface area contributed by atoms with Gasteiger partial charge >= 0.3 is 0 Å². The Morgan fingerprint density at radius 2 is 2.00 bits per heavy atom. The van der Waals surface area contributed by atoms with Crippen molar-refractivity contribution in [2.45, 2.75) is 6.10 Å². The number of aliphatic hydroxyl groups excluding tert-OH is 1. The molecular weight excluding hydrogens is 363 g/mol. The van der Waals surface area contributed by atoms with Crippen LogP contribution in [0.4, 0.5) is 4.39 Å². The third kappa shape index (κ3) is 2.37. The van der Waals surface area contributed by atoms with Crippen LogP contribution in [0.15, 0.2) is 46.3 Å². The molecule has 0 saturated carbocycles. The summed E-state index contributed by atoms with van der Waals surface area (Å²) in [5, 5.41) is 13.6. The second kappa shape index (κ2) is 5.45. The van der Waals surface area contributed by atoms with Crippen LogP contribution in [0.2, 0.25) is 5.02 Å². The van der Waals surface area contributed by atoms with Gasteiger partial charge in [0.05, 0.1) is 0 Å². The summed E-state index contributed by atoms with van der Waals surface area (Å²) in [6.07, 6.45) is -1.03. The predicted octanol–water partition coefficient (Wildman–Crippen LogP) is 5.54. The van der Waals surface area contributed by atoms with E-state index in [0.29, 0.717) is 10.6 Å². The molecule has 1 heterocycles. The second-order valence-corrected chi connectivity index (χ2v) is 6.55. The highest BCUT2D eigenvalue weighted by atomic mass is 79.9. The Kier molecular flexibility index (Phi) is 3.82. The number of benzene rings is 2. The van der Waals surface area contributed by atoms with Gasteiger partial charge in [0.25, 0.3) is 0 Å². The van der Waals surface area contributed by atoms with Crippen LogP contribution in [0, 0.1) is 5.82 Å². The fraction of sp³-hybridized carbons (Fsp3) is 0.0667. The third-order valence-corrected chi connectivity index (χ3v) is 5.33. The summed E-state index contributed by atoms with van der Waals surface area (Å²) in [4.78, 5) is 0. The first kappa shape index (κ1) is 14.0. The monoisotopic (exact) mass is 370 g/mol. The minimum Gasteiger partial charge on any atom is -0.383 e. The molecule has 0 aliphatic rings. The standard InChI is InChI=1S/C15H9BrClFOS/c16-12-3-1-2-9-11(7-20-15(9)12)14(19)10-6-8(17)4-5-13(10)18/h1-7,14,19H. The Morgan fingerprint density at radius 3 is 2.80 bits per heavy atom. The van der Waals surface area contributed by atoms with Crippen LogP contribution in [-0.2, 0) is 0 Å². The molecule has 0 spiro atoms. The number of thiophene rings is 1. The van der Waals surface area contributed by atoms with E-state index >= 15 is 0 Å². The van der Waals surface area contributed by atoms with Crippen LogP contribution < -0.4 is 0 Å². The largest absolute Gasteiger partial charge is 0.383 e. The molecule has 0 saturated heterocycles. The molecule has 1 unspecified atom stereocenters. The first-order chi connectivity index (χ1) is 9.58. The lowest BCUT2D eigenvalue weighted by molar-refractivity contribution is 0.217. The van der Waals surface area contributed by atoms with Gasteiger partial charge in [0.15, 0.2) is 0 Å². The number of fused-ring (bicyclic) bond motifs is 1. The van der Waals surface area contributed by atoms with Crippen LogP contribution in [0.5, 0.6) is 0 Å². The molecule has 0 amide bonds. The molecule has 3 rings (SSSR count). The number of hydrogen-bond acceptors (Lipinski definition) is 2. The van der Waals surface area contributed by atoms with E-state index in [-0.39, 0.29) is 5.56 Å². The molecule has 1 N–H and O–H groups in total. The highest BCUT2D eigenvalue weighted by Crippen LogP contribution is 2.38. The van der Waals surface area contributed by atoms with Crippen molar-refractivity contribution in [1.82, 2.24) is 0 Å². The molecule has 2 aromatic carbocycles. The van der Waals surface area contributed by atoms with Gasteiger partial charge in [-0.15, -0.1) is 11.3 Å². The van der Waals surface area contributed by atoms with E-state index in [1.165, 1.54) is 29.5 Å². The molecule has 20 heavy (non-hydrogen) atoms. The Hall–Kier alpha value is -0.940. The van der Waals surface area contributed by atoms with E-state index in [0.717, 1.165) is 14.6 Å². The van der Waals surface area contributed by atoms with E-state index in [1.807, 2.05) is 23.6 Å². The van der Waals surface area contributed by atoms with Crippen LogP contribution >= 0.6 is 38.9 Å². The van der Waals surface area contributed by atoms with Gasteiger partial charge in [0.1, 0.15) is 11.9 Å². The average molecular weight is 372 g/mol. The average Bonchev–Trinajstić information content (AvgIpc) is 2.86. The van der Waals surface area contributed by atoms with Gasteiger partial charge < -0.3 is 5.11 Å². The smallest absolute Gasteiger partial charge is 0.129 e. The fourth-order valence-corrected chi connectivity index (χ4v) is 3.97. The SMILES string of the molecule is OC(c1cc(Cl)ccc1F)c1csc2c(Br)cccc12. The fourth-order valence-electron chi connectivity index (χ4n) is 2.15. The Bertz CT molecular complexity index is 787. The van der Waals surface area contributed by atoms with Gasteiger partial charge in [-0.2, -0.15) is 0 Å². The lowest BCUT2D eigenvalue weighted by Crippen LogP contribution is -2.01. The Labute approximate surface area is 132 Å². The van der Waals surface area contributed by atoms with Crippen molar-refractivity contribution in [2.75, 3.05) is 0 Å². The van der Waals surface area contributed by atoms with Crippen molar-refractivity contribution in [1.29, 1.82) is 0 Å². The number of aliphatic hydroxyl groups is 1. The van der Waals surface area contributed by atoms with Crippen LogP contribution in [0.3, 0.4) is 0 Å². The maximum Gasteiger partial charge on any atom is 0.129 e. The summed E-state index contributed by atoms with van der Waals surface area (Å²) >= 11 is 10.9. The maximum absolute atomic E-state index is 13.9. The van der Waals surface area contributed by atoms with E-state index in [9.17, 15) is 9.50 Å². The Morgan fingerprint density at radius 1 is 1.20 bits per heavy atom. The Balaban J connectivity index is 2.15. The molecule has 0 aliphatic carbocycles. The summed E-state index contributed by atoms with van der Waals surface area (Å²) in [6.45, 7) is 0. The minimum atomic E-state index is -1.03. The zero-order chi connectivity index (χ0) is 14.3. The van der Waals surface area contributed by atoms with E-state index in [1.54, 1.807) is 0 Å². The van der Waals surface area contributed by atoms with E-state index in [4.69, 9.17) is 11.6 Å². The lowest BCUT2D eigenvalue weighted by atomic mass is 10.0. The summed E-state index contributed by atoms with van der Waals surface area (Å²) in [5.41, 5.74) is 0.879. The van der Waals surface area contributed by atoms with E-state index in [2.05, 4.69) is 15.9 Å². The van der Waals surface area contributed by atoms with Crippen molar-refractivity contribution in [3.63, 3.8) is 0 Å². The van der Waals surface area contributed by atoms with Crippen molar-refractivity contribution >= 4 is 49.0 Å². The van der Waals surface area contributed by atoms with Crippen LogP contribution in [0.1, 0.15) is 17.2 Å². The van der Waals surface area contributed by atoms with Gasteiger partial charge in [-0.1, -0.05) is 23.7 Å².